The maximum atomic E-state index is 2.32. The van der Waals surface area contributed by atoms with Gasteiger partial charge in [0.1, 0.15) is 0 Å². The quantitative estimate of drug-likeness (QED) is 0.504. The van der Waals surface area contributed by atoms with Gasteiger partial charge in [0.2, 0.25) is 16.3 Å². The van der Waals surface area contributed by atoms with Crippen molar-refractivity contribution in [3.63, 3.8) is 0 Å². The molecule has 0 aliphatic carbocycles. The summed E-state index contributed by atoms with van der Waals surface area (Å²) in [6.45, 7) is 4.44. The zero-order chi connectivity index (χ0) is 11.8. The third-order valence-electron chi connectivity index (χ3n) is 3.39. The van der Waals surface area contributed by atoms with Crippen molar-refractivity contribution >= 4 is 16.3 Å². The van der Waals surface area contributed by atoms with Gasteiger partial charge in [0.15, 0.2) is 0 Å². The van der Waals surface area contributed by atoms with Crippen LogP contribution in [0.25, 0.3) is 0 Å². The van der Waals surface area contributed by atoms with Crippen LogP contribution in [0.5, 0.6) is 0 Å². The Kier molecular flexibility index (Phi) is 9.51. The van der Waals surface area contributed by atoms with Gasteiger partial charge >= 0.3 is 0 Å². The number of aryl methyl sites for hydroxylation is 1. The summed E-state index contributed by atoms with van der Waals surface area (Å²) in [6.07, 6.45) is 8.44. The van der Waals surface area contributed by atoms with E-state index in [4.69, 9.17) is 0 Å². The molecule has 1 rings (SSSR count). The molecule has 1 atom stereocenters. The summed E-state index contributed by atoms with van der Waals surface area (Å²) in [7, 11) is 0. The second-order valence-electron chi connectivity index (χ2n) is 5.01. The highest BCUT2D eigenvalue weighted by atomic mass is 27.0. The molecular formula is C15H26AlF. The lowest BCUT2D eigenvalue weighted by Gasteiger charge is -2.12. The van der Waals surface area contributed by atoms with Gasteiger partial charge in [-0.15, -0.1) is 0 Å². The van der Waals surface area contributed by atoms with Crippen LogP contribution in [0.4, 0.5) is 4.70 Å². The van der Waals surface area contributed by atoms with E-state index < -0.39 is 0 Å². The highest BCUT2D eigenvalue weighted by molar-refractivity contribution is 6.12. The van der Waals surface area contributed by atoms with E-state index in [0.29, 0.717) is 0 Å². The molecule has 0 spiro atoms. The second-order valence-corrected chi connectivity index (χ2v) is 6.41. The first kappa shape index (κ1) is 16.7. The normalized spacial score (nSPS) is 11.9. The Hall–Kier alpha value is -0.318. The highest BCUT2D eigenvalue weighted by Crippen LogP contribution is 2.20. The zero-order valence-electron chi connectivity index (χ0n) is 11.5. The van der Waals surface area contributed by atoms with E-state index in [0.717, 1.165) is 4.78 Å². The van der Waals surface area contributed by atoms with E-state index in [1.807, 2.05) is 0 Å². The van der Waals surface area contributed by atoms with Crippen molar-refractivity contribution in [2.24, 2.45) is 0 Å². The van der Waals surface area contributed by atoms with Gasteiger partial charge in [-0.05, 0) is 6.92 Å². The lowest BCUT2D eigenvalue weighted by molar-refractivity contribution is 0.601. The molecule has 1 aromatic rings. The highest BCUT2D eigenvalue weighted by Gasteiger charge is 2.04. The van der Waals surface area contributed by atoms with Crippen molar-refractivity contribution in [1.29, 1.82) is 0 Å². The third-order valence-corrected chi connectivity index (χ3v) is 4.63. The Morgan fingerprint density at radius 2 is 1.59 bits per heavy atom. The average Bonchev–Trinajstić information content (AvgIpc) is 2.29. The van der Waals surface area contributed by atoms with Crippen molar-refractivity contribution in [1.82, 2.24) is 0 Å². The number of hydrogen-bond donors (Lipinski definition) is 0. The molecule has 0 amide bonds. The van der Waals surface area contributed by atoms with Crippen molar-refractivity contribution in [3.05, 3.63) is 35.4 Å². The molecule has 0 nitrogen and oxygen atoms in total. The smallest absolute Gasteiger partial charge is 0.223 e. The predicted molar refractivity (Wildman–Crippen MR) is 78.3 cm³/mol. The molecule has 0 fully saturated rings. The first-order chi connectivity index (χ1) is 7.74. The molecule has 0 saturated heterocycles. The minimum Gasteiger partial charge on any atom is -0.269 e. The molecule has 0 aromatic heterocycles. The fourth-order valence-corrected chi connectivity index (χ4v) is 2.91. The maximum absolute atomic E-state index is 2.32. The standard InChI is InChI=1S/C15H23.Al.FH.2H/c1-3-4-5-6-7-8-9-15-12-10-14(2)11-13-15;;;;/h9-13H,3-8H2,1-2H3;;1H;;. The Bertz CT molecular complexity index is 281. The number of rotatable bonds is 7. The first-order valence-corrected chi connectivity index (χ1v) is 7.96. The minimum absolute atomic E-state index is 0. The fourth-order valence-electron chi connectivity index (χ4n) is 2.12. The van der Waals surface area contributed by atoms with Gasteiger partial charge in [0.05, 0.1) is 0 Å². The van der Waals surface area contributed by atoms with E-state index in [1.165, 1.54) is 60.4 Å². The Morgan fingerprint density at radius 3 is 2.18 bits per heavy atom. The van der Waals surface area contributed by atoms with Gasteiger partial charge in [-0.3, -0.25) is 4.70 Å². The number of unbranched alkanes of at least 4 members (excludes halogenated alkanes) is 4. The molecule has 0 saturated carbocycles. The van der Waals surface area contributed by atoms with E-state index in [1.54, 1.807) is 5.56 Å². The van der Waals surface area contributed by atoms with E-state index in [9.17, 15) is 0 Å². The van der Waals surface area contributed by atoms with Crippen LogP contribution in [0.1, 0.15) is 61.4 Å². The van der Waals surface area contributed by atoms with Crippen LogP contribution in [0.2, 0.25) is 0 Å². The molecule has 1 aromatic carbocycles. The molecule has 96 valence electrons. The van der Waals surface area contributed by atoms with Crippen LogP contribution in [-0.2, 0) is 0 Å². The summed E-state index contributed by atoms with van der Waals surface area (Å²) in [4.78, 5) is 0. The zero-order valence-corrected chi connectivity index (χ0v) is 13.5. The molecule has 2 heteroatoms. The lowest BCUT2D eigenvalue weighted by atomic mass is 10.0. The summed E-state index contributed by atoms with van der Waals surface area (Å²) in [5, 5.41) is 0. The Labute approximate surface area is 114 Å². The molecule has 1 unspecified atom stereocenters. The molecular weight excluding hydrogens is 226 g/mol. The van der Waals surface area contributed by atoms with Gasteiger partial charge < -0.3 is 0 Å². The molecule has 0 aliphatic heterocycles. The van der Waals surface area contributed by atoms with Gasteiger partial charge in [-0.2, -0.15) is 0 Å². The molecule has 0 bridgehead atoms. The van der Waals surface area contributed by atoms with Crippen molar-refractivity contribution < 1.29 is 4.70 Å². The summed E-state index contributed by atoms with van der Waals surface area (Å²) < 4.78 is 0.863. The van der Waals surface area contributed by atoms with Gasteiger partial charge in [0.25, 0.3) is 0 Å². The Morgan fingerprint density at radius 1 is 1.00 bits per heavy atom. The SMILES string of the molecule is CCCCCCC[CH]([AlH2])c1ccc(C)cc1.F. The van der Waals surface area contributed by atoms with Crippen LogP contribution >= 0.6 is 0 Å². The second kappa shape index (κ2) is 9.69. The fraction of sp³-hybridized carbons (Fsp3) is 0.600. The number of halogens is 1. The van der Waals surface area contributed by atoms with Crippen LogP contribution in [-0.4, -0.2) is 16.3 Å². The maximum Gasteiger partial charge on any atom is 0.223 e. The largest absolute Gasteiger partial charge is 0.269 e. The van der Waals surface area contributed by atoms with Crippen LogP contribution < -0.4 is 0 Å². The number of benzene rings is 1. The van der Waals surface area contributed by atoms with E-state index in [-0.39, 0.29) is 4.70 Å². The van der Waals surface area contributed by atoms with Gasteiger partial charge in [-0.25, -0.2) is 0 Å². The summed E-state index contributed by atoms with van der Waals surface area (Å²) in [5.74, 6) is 0. The van der Waals surface area contributed by atoms with Crippen LogP contribution in [0, 0.1) is 6.92 Å². The monoisotopic (exact) mass is 252 g/mol. The van der Waals surface area contributed by atoms with Gasteiger partial charge in [-0.1, -0.05) is 85.6 Å². The predicted octanol–water partition coefficient (Wildman–Crippen LogP) is 4.18. The molecule has 0 N–H and O–H groups in total. The summed E-state index contributed by atoms with van der Waals surface area (Å²) in [6, 6.07) is 9.13. The first-order valence-electron chi connectivity index (χ1n) is 6.80. The van der Waals surface area contributed by atoms with Crippen molar-refractivity contribution in [2.45, 2.75) is 57.2 Å². The van der Waals surface area contributed by atoms with Crippen molar-refractivity contribution in [2.75, 3.05) is 0 Å². The van der Waals surface area contributed by atoms with Crippen molar-refractivity contribution in [3.8, 4) is 0 Å². The minimum atomic E-state index is 0. The van der Waals surface area contributed by atoms with Crippen LogP contribution in [0.3, 0.4) is 0 Å². The van der Waals surface area contributed by atoms with E-state index >= 15 is 0 Å². The molecule has 0 radical (unpaired) electrons. The average molecular weight is 252 g/mol. The van der Waals surface area contributed by atoms with E-state index in [2.05, 4.69) is 38.1 Å². The summed E-state index contributed by atoms with van der Waals surface area (Å²) in [5.41, 5.74) is 2.94. The lowest BCUT2D eigenvalue weighted by Crippen LogP contribution is -1.98. The summed E-state index contributed by atoms with van der Waals surface area (Å²) >= 11 is 1.29. The topological polar surface area (TPSA) is 0 Å². The van der Waals surface area contributed by atoms with Crippen LogP contribution in [0.15, 0.2) is 24.3 Å². The Balaban J connectivity index is 0.00000256. The molecule has 0 heterocycles. The third kappa shape index (κ3) is 6.86. The molecule has 17 heavy (non-hydrogen) atoms. The number of hydrogen-bond acceptors (Lipinski definition) is 0. The van der Waals surface area contributed by atoms with Gasteiger partial charge in [0, 0.05) is 0 Å². The molecule has 0 aliphatic rings.